The smallest absolute Gasteiger partial charge is 0.269 e. The van der Waals surface area contributed by atoms with E-state index < -0.39 is 0 Å². The average Bonchev–Trinajstić information content (AvgIpc) is 2.93. The van der Waals surface area contributed by atoms with Crippen LogP contribution in [0.15, 0.2) is 22.8 Å². The van der Waals surface area contributed by atoms with Gasteiger partial charge in [-0.3, -0.25) is 10.2 Å². The van der Waals surface area contributed by atoms with Gasteiger partial charge >= 0.3 is 0 Å². The lowest BCUT2D eigenvalue weighted by atomic mass is 10.1. The SMILES string of the molecule is NNC(=O)c1cc2c(c3ccoc13)NCN2. The number of carbonyl (C=O) groups excluding carboxylic acids is 1. The van der Waals surface area contributed by atoms with Gasteiger partial charge in [-0.25, -0.2) is 5.84 Å². The molecular formula is C10H10N4O2. The van der Waals surface area contributed by atoms with Crippen molar-refractivity contribution < 1.29 is 9.21 Å². The molecule has 0 saturated heterocycles. The van der Waals surface area contributed by atoms with Crippen LogP contribution in [0, 0.1) is 0 Å². The highest BCUT2D eigenvalue weighted by Crippen LogP contribution is 2.37. The highest BCUT2D eigenvalue weighted by atomic mass is 16.3. The van der Waals surface area contributed by atoms with Gasteiger partial charge in [0.05, 0.1) is 29.9 Å². The average molecular weight is 218 g/mol. The number of rotatable bonds is 1. The molecule has 1 amide bonds. The van der Waals surface area contributed by atoms with Crippen LogP contribution in [0.25, 0.3) is 11.0 Å². The van der Waals surface area contributed by atoms with Crippen LogP contribution in [-0.4, -0.2) is 12.6 Å². The van der Waals surface area contributed by atoms with Crippen LogP contribution < -0.4 is 21.9 Å². The summed E-state index contributed by atoms with van der Waals surface area (Å²) in [5.74, 6) is 4.77. The number of nitrogens with one attached hydrogen (secondary N) is 3. The van der Waals surface area contributed by atoms with E-state index in [2.05, 4.69) is 16.1 Å². The molecule has 0 aliphatic carbocycles. The minimum Gasteiger partial charge on any atom is -0.463 e. The third-order valence-corrected chi connectivity index (χ3v) is 2.66. The van der Waals surface area contributed by atoms with Crippen molar-refractivity contribution in [1.82, 2.24) is 5.43 Å². The van der Waals surface area contributed by atoms with E-state index in [9.17, 15) is 4.79 Å². The second-order valence-corrected chi connectivity index (χ2v) is 3.51. The van der Waals surface area contributed by atoms with Gasteiger partial charge in [0, 0.05) is 5.39 Å². The molecule has 0 fully saturated rings. The van der Waals surface area contributed by atoms with Crippen LogP contribution in [-0.2, 0) is 0 Å². The molecule has 1 aromatic carbocycles. The van der Waals surface area contributed by atoms with Crippen molar-refractivity contribution in [3.05, 3.63) is 24.0 Å². The summed E-state index contributed by atoms with van der Waals surface area (Å²) in [6, 6.07) is 3.55. The van der Waals surface area contributed by atoms with E-state index in [1.54, 1.807) is 12.3 Å². The Labute approximate surface area is 90.8 Å². The number of nitrogens with two attached hydrogens (primary N) is 1. The molecule has 0 bridgehead atoms. The summed E-state index contributed by atoms with van der Waals surface area (Å²) in [6.45, 7) is 0.642. The van der Waals surface area contributed by atoms with E-state index >= 15 is 0 Å². The zero-order valence-corrected chi connectivity index (χ0v) is 8.33. The molecule has 1 aliphatic rings. The normalized spacial score (nSPS) is 13.1. The zero-order chi connectivity index (χ0) is 11.1. The molecule has 0 saturated carbocycles. The minimum absolute atomic E-state index is 0.364. The first-order chi connectivity index (χ1) is 7.81. The highest BCUT2D eigenvalue weighted by Gasteiger charge is 2.20. The monoisotopic (exact) mass is 218 g/mol. The zero-order valence-electron chi connectivity index (χ0n) is 8.33. The van der Waals surface area contributed by atoms with Crippen molar-refractivity contribution in [2.24, 2.45) is 5.84 Å². The molecular weight excluding hydrogens is 208 g/mol. The van der Waals surface area contributed by atoms with Crippen molar-refractivity contribution >= 4 is 28.3 Å². The predicted molar refractivity (Wildman–Crippen MR) is 60.0 cm³/mol. The Balaban J connectivity index is 2.33. The molecule has 0 atom stereocenters. The number of hydrogen-bond donors (Lipinski definition) is 4. The maximum Gasteiger partial charge on any atom is 0.269 e. The maximum absolute atomic E-state index is 11.6. The number of hydrogen-bond acceptors (Lipinski definition) is 5. The fourth-order valence-electron chi connectivity index (χ4n) is 1.95. The molecule has 5 N–H and O–H groups in total. The predicted octanol–water partition coefficient (Wildman–Crippen LogP) is 0.831. The van der Waals surface area contributed by atoms with E-state index in [4.69, 9.17) is 10.3 Å². The van der Waals surface area contributed by atoms with E-state index in [0.717, 1.165) is 16.8 Å². The molecule has 0 radical (unpaired) electrons. The molecule has 1 aromatic heterocycles. The molecule has 0 spiro atoms. The molecule has 6 nitrogen and oxygen atoms in total. The number of hydrazine groups is 1. The van der Waals surface area contributed by atoms with Crippen molar-refractivity contribution in [1.29, 1.82) is 0 Å². The summed E-state index contributed by atoms with van der Waals surface area (Å²) in [4.78, 5) is 11.6. The molecule has 2 heterocycles. The van der Waals surface area contributed by atoms with Gasteiger partial charge in [0.2, 0.25) is 0 Å². The first kappa shape index (κ1) is 9.05. The summed E-state index contributed by atoms with van der Waals surface area (Å²) in [6.07, 6.45) is 1.55. The van der Waals surface area contributed by atoms with E-state index in [-0.39, 0.29) is 5.91 Å². The Morgan fingerprint density at radius 3 is 3.19 bits per heavy atom. The van der Waals surface area contributed by atoms with Gasteiger partial charge < -0.3 is 15.1 Å². The number of anilines is 2. The Kier molecular flexibility index (Phi) is 1.78. The summed E-state index contributed by atoms with van der Waals surface area (Å²) in [5, 5.41) is 7.18. The summed E-state index contributed by atoms with van der Waals surface area (Å²) >= 11 is 0. The number of furan rings is 1. The lowest BCUT2D eigenvalue weighted by Gasteiger charge is -2.05. The Morgan fingerprint density at radius 1 is 1.50 bits per heavy atom. The first-order valence-corrected chi connectivity index (χ1v) is 4.84. The fraction of sp³-hybridized carbons (Fsp3) is 0.100. The molecule has 3 rings (SSSR count). The van der Waals surface area contributed by atoms with Crippen molar-refractivity contribution in [3.63, 3.8) is 0 Å². The minimum atomic E-state index is -0.364. The third-order valence-electron chi connectivity index (χ3n) is 2.66. The fourth-order valence-corrected chi connectivity index (χ4v) is 1.95. The lowest BCUT2D eigenvalue weighted by molar-refractivity contribution is 0.0954. The number of benzene rings is 1. The van der Waals surface area contributed by atoms with Gasteiger partial charge in [0.25, 0.3) is 5.91 Å². The Morgan fingerprint density at radius 2 is 2.38 bits per heavy atom. The molecule has 6 heteroatoms. The van der Waals surface area contributed by atoms with Gasteiger partial charge in [0.1, 0.15) is 5.58 Å². The van der Waals surface area contributed by atoms with E-state index in [1.165, 1.54) is 0 Å². The topological polar surface area (TPSA) is 92.3 Å². The van der Waals surface area contributed by atoms with Crippen LogP contribution in [0.1, 0.15) is 10.4 Å². The molecule has 82 valence electrons. The maximum atomic E-state index is 11.6. The molecule has 0 unspecified atom stereocenters. The van der Waals surface area contributed by atoms with Crippen molar-refractivity contribution in [2.75, 3.05) is 17.3 Å². The number of carbonyl (C=O) groups is 1. The van der Waals surface area contributed by atoms with Gasteiger partial charge in [-0.2, -0.15) is 0 Å². The van der Waals surface area contributed by atoms with Crippen molar-refractivity contribution in [2.45, 2.75) is 0 Å². The molecule has 16 heavy (non-hydrogen) atoms. The first-order valence-electron chi connectivity index (χ1n) is 4.84. The summed E-state index contributed by atoms with van der Waals surface area (Å²) < 4.78 is 5.31. The second kappa shape index (κ2) is 3.14. The van der Waals surface area contributed by atoms with Gasteiger partial charge in [-0.15, -0.1) is 0 Å². The summed E-state index contributed by atoms with van der Waals surface area (Å²) in [7, 11) is 0. The van der Waals surface area contributed by atoms with Crippen LogP contribution in [0.3, 0.4) is 0 Å². The van der Waals surface area contributed by atoms with E-state index in [0.29, 0.717) is 17.8 Å². The largest absolute Gasteiger partial charge is 0.463 e. The summed E-state index contributed by atoms with van der Waals surface area (Å²) in [5.41, 5.74) is 4.91. The van der Waals surface area contributed by atoms with Crippen LogP contribution >= 0.6 is 0 Å². The second-order valence-electron chi connectivity index (χ2n) is 3.51. The van der Waals surface area contributed by atoms with Crippen molar-refractivity contribution in [3.8, 4) is 0 Å². The van der Waals surface area contributed by atoms with Gasteiger partial charge in [-0.1, -0.05) is 0 Å². The number of fused-ring (bicyclic) bond motifs is 3. The lowest BCUT2D eigenvalue weighted by Crippen LogP contribution is -2.30. The standard InChI is InChI=1S/C10H10N4O2/c11-14-10(15)6-3-7-8(13-4-12-7)5-1-2-16-9(5)6/h1-3,12-13H,4,11H2,(H,14,15). The van der Waals surface area contributed by atoms with E-state index in [1.807, 2.05) is 6.07 Å². The van der Waals surface area contributed by atoms with Gasteiger partial charge in [-0.05, 0) is 12.1 Å². The van der Waals surface area contributed by atoms with Crippen LogP contribution in [0.2, 0.25) is 0 Å². The van der Waals surface area contributed by atoms with Gasteiger partial charge in [0.15, 0.2) is 0 Å². The third kappa shape index (κ3) is 1.07. The van der Waals surface area contributed by atoms with Crippen LogP contribution in [0.5, 0.6) is 0 Å². The number of nitrogen functional groups attached to an aromatic ring is 1. The molecule has 2 aromatic rings. The quantitative estimate of drug-likeness (QED) is 0.323. The Bertz CT molecular complexity index is 575. The highest BCUT2D eigenvalue weighted by molar-refractivity contribution is 6.11. The van der Waals surface area contributed by atoms with Crippen LogP contribution in [0.4, 0.5) is 11.4 Å². The molecule has 1 aliphatic heterocycles. The Hall–Kier alpha value is -2.21. The number of amides is 1.